The smallest absolute Gasteiger partial charge is 0.251 e. The highest BCUT2D eigenvalue weighted by Gasteiger charge is 2.23. The predicted octanol–water partition coefficient (Wildman–Crippen LogP) is 1.20. The molecule has 2 aromatic carbocycles. The highest BCUT2D eigenvalue weighted by atomic mass is 16.5. The second-order valence-electron chi connectivity index (χ2n) is 7.92. The first-order valence-corrected chi connectivity index (χ1v) is 10.6. The van der Waals surface area contributed by atoms with E-state index in [1.165, 1.54) is 10.5 Å². The van der Waals surface area contributed by atoms with Gasteiger partial charge in [0.25, 0.3) is 5.91 Å². The summed E-state index contributed by atoms with van der Waals surface area (Å²) in [7, 11) is 0. The molecule has 0 radical (unpaired) electrons. The largest absolute Gasteiger partial charge is 0.370 e. The quantitative estimate of drug-likeness (QED) is 0.612. The minimum absolute atomic E-state index is 0.0571. The van der Waals surface area contributed by atoms with Crippen molar-refractivity contribution < 1.29 is 19.2 Å². The molecule has 30 heavy (non-hydrogen) atoms. The zero-order valence-corrected chi connectivity index (χ0v) is 17.9. The van der Waals surface area contributed by atoms with Crippen LogP contribution < -0.4 is 15.5 Å². The first-order valence-electron chi connectivity index (χ1n) is 10.6. The van der Waals surface area contributed by atoms with Gasteiger partial charge in [-0.1, -0.05) is 48.0 Å². The minimum Gasteiger partial charge on any atom is -0.370 e. The molecule has 6 nitrogen and oxygen atoms in total. The maximum Gasteiger partial charge on any atom is 0.251 e. The minimum atomic E-state index is -0.145. The van der Waals surface area contributed by atoms with E-state index in [-0.39, 0.29) is 24.3 Å². The standard InChI is InChI=1S/C24H31N3O3/c1-18-7-9-20(10-8-18)22(17-27-13-15-30-16-14-27)26-23(28)11-12-25-24(29)21-6-4-3-5-19(21)2/h3-10,22H,11-17H2,1-2H3,(H,25,29)(H,26,28)/p+1/t22-/m1/s1. The molecule has 1 fully saturated rings. The summed E-state index contributed by atoms with van der Waals surface area (Å²) in [5, 5.41) is 6.02. The van der Waals surface area contributed by atoms with Gasteiger partial charge in [-0.25, -0.2) is 0 Å². The molecule has 1 atom stereocenters. The summed E-state index contributed by atoms with van der Waals surface area (Å²) in [4.78, 5) is 26.4. The molecular weight excluding hydrogens is 378 g/mol. The maximum absolute atomic E-state index is 12.6. The Morgan fingerprint density at radius 1 is 1.03 bits per heavy atom. The summed E-state index contributed by atoms with van der Waals surface area (Å²) in [6, 6.07) is 15.7. The number of amides is 2. The van der Waals surface area contributed by atoms with Crippen LogP contribution in [0.15, 0.2) is 48.5 Å². The summed E-state index contributed by atoms with van der Waals surface area (Å²) in [5.41, 5.74) is 3.87. The third-order valence-electron chi connectivity index (χ3n) is 5.53. The van der Waals surface area contributed by atoms with Crippen molar-refractivity contribution >= 4 is 11.8 Å². The van der Waals surface area contributed by atoms with Crippen molar-refractivity contribution in [2.24, 2.45) is 0 Å². The number of quaternary nitrogens is 1. The van der Waals surface area contributed by atoms with E-state index >= 15 is 0 Å². The summed E-state index contributed by atoms with van der Waals surface area (Å²) in [6.07, 6.45) is 0.248. The maximum atomic E-state index is 12.6. The molecule has 1 heterocycles. The third kappa shape index (κ3) is 6.40. The van der Waals surface area contributed by atoms with Crippen molar-refractivity contribution in [3.8, 4) is 0 Å². The lowest BCUT2D eigenvalue weighted by atomic mass is 10.0. The molecule has 0 bridgehead atoms. The molecule has 2 amide bonds. The number of rotatable bonds is 8. The fourth-order valence-electron chi connectivity index (χ4n) is 3.68. The van der Waals surface area contributed by atoms with Gasteiger partial charge in [-0.3, -0.25) is 9.59 Å². The number of benzene rings is 2. The number of morpholine rings is 1. The Bertz CT molecular complexity index is 845. The van der Waals surface area contributed by atoms with Crippen LogP contribution in [0, 0.1) is 13.8 Å². The lowest BCUT2D eigenvalue weighted by molar-refractivity contribution is -0.909. The van der Waals surface area contributed by atoms with Gasteiger partial charge in [0.1, 0.15) is 25.7 Å². The molecule has 0 saturated carbocycles. The number of aryl methyl sites for hydroxylation is 2. The van der Waals surface area contributed by atoms with E-state index in [1.54, 1.807) is 6.07 Å². The van der Waals surface area contributed by atoms with Crippen LogP contribution in [0.1, 0.15) is 39.5 Å². The molecule has 160 valence electrons. The van der Waals surface area contributed by atoms with Crippen LogP contribution in [-0.4, -0.2) is 51.2 Å². The van der Waals surface area contributed by atoms with E-state index in [1.807, 2.05) is 25.1 Å². The van der Waals surface area contributed by atoms with Crippen LogP contribution in [0.4, 0.5) is 0 Å². The number of nitrogens with one attached hydrogen (secondary N) is 3. The van der Waals surface area contributed by atoms with E-state index in [0.717, 1.165) is 44.0 Å². The number of carbonyl (C=O) groups is 2. The van der Waals surface area contributed by atoms with Crippen molar-refractivity contribution in [2.45, 2.75) is 26.3 Å². The van der Waals surface area contributed by atoms with E-state index in [0.29, 0.717) is 12.1 Å². The number of hydrogen-bond donors (Lipinski definition) is 3. The van der Waals surface area contributed by atoms with Crippen LogP contribution >= 0.6 is 0 Å². The molecule has 0 spiro atoms. The highest BCUT2D eigenvalue weighted by Crippen LogP contribution is 2.13. The molecule has 1 saturated heterocycles. The molecule has 1 aliphatic heterocycles. The molecule has 0 aromatic heterocycles. The Labute approximate surface area is 178 Å². The van der Waals surface area contributed by atoms with Gasteiger partial charge in [0, 0.05) is 18.5 Å². The SMILES string of the molecule is Cc1ccc([C@@H](C[NH+]2CCOCC2)NC(=O)CCNC(=O)c2ccccc2C)cc1. The van der Waals surface area contributed by atoms with Crippen LogP contribution in [0.25, 0.3) is 0 Å². The van der Waals surface area contributed by atoms with Crippen molar-refractivity contribution in [3.05, 3.63) is 70.8 Å². The topological polar surface area (TPSA) is 71.9 Å². The van der Waals surface area contributed by atoms with Crippen molar-refractivity contribution in [1.82, 2.24) is 10.6 Å². The average Bonchev–Trinajstić information content (AvgIpc) is 2.75. The molecule has 3 N–H and O–H groups in total. The average molecular weight is 411 g/mol. The molecule has 3 rings (SSSR count). The molecule has 0 unspecified atom stereocenters. The Hall–Kier alpha value is -2.70. The van der Waals surface area contributed by atoms with Crippen molar-refractivity contribution in [2.75, 3.05) is 39.4 Å². The second kappa shape index (κ2) is 10.9. The third-order valence-corrected chi connectivity index (χ3v) is 5.53. The van der Waals surface area contributed by atoms with Gasteiger partial charge in [0.05, 0.1) is 13.2 Å². The first kappa shape index (κ1) is 22.0. The fourth-order valence-corrected chi connectivity index (χ4v) is 3.68. The van der Waals surface area contributed by atoms with Gasteiger partial charge >= 0.3 is 0 Å². The highest BCUT2D eigenvalue weighted by molar-refractivity contribution is 5.95. The van der Waals surface area contributed by atoms with Gasteiger partial charge < -0.3 is 20.3 Å². The van der Waals surface area contributed by atoms with E-state index in [9.17, 15) is 9.59 Å². The molecular formula is C24H32N3O3+. The number of ether oxygens (including phenoxy) is 1. The summed E-state index contributed by atoms with van der Waals surface area (Å²) in [5.74, 6) is -0.202. The van der Waals surface area contributed by atoms with Gasteiger partial charge in [0.2, 0.25) is 5.91 Å². The first-order chi connectivity index (χ1) is 14.5. The molecule has 0 aliphatic carbocycles. The monoisotopic (exact) mass is 410 g/mol. The van der Waals surface area contributed by atoms with Crippen molar-refractivity contribution in [1.29, 1.82) is 0 Å². The van der Waals surface area contributed by atoms with E-state index < -0.39 is 0 Å². The van der Waals surface area contributed by atoms with Gasteiger partial charge in [-0.05, 0) is 31.0 Å². The Morgan fingerprint density at radius 2 is 1.73 bits per heavy atom. The predicted molar refractivity (Wildman–Crippen MR) is 117 cm³/mol. The zero-order chi connectivity index (χ0) is 21.3. The van der Waals surface area contributed by atoms with E-state index in [2.05, 4.69) is 41.8 Å². The van der Waals surface area contributed by atoms with Gasteiger partial charge in [0.15, 0.2) is 0 Å². The fraction of sp³-hybridized carbons (Fsp3) is 0.417. The Kier molecular flexibility index (Phi) is 7.99. The normalized spacial score (nSPS) is 15.4. The molecule has 6 heteroatoms. The second-order valence-corrected chi connectivity index (χ2v) is 7.92. The van der Waals surface area contributed by atoms with Gasteiger partial charge in [-0.15, -0.1) is 0 Å². The molecule has 2 aromatic rings. The van der Waals surface area contributed by atoms with Crippen LogP contribution in [0.2, 0.25) is 0 Å². The van der Waals surface area contributed by atoms with Crippen LogP contribution in [0.5, 0.6) is 0 Å². The lowest BCUT2D eigenvalue weighted by Crippen LogP contribution is -3.14. The summed E-state index contributed by atoms with van der Waals surface area (Å²) >= 11 is 0. The number of carbonyl (C=O) groups excluding carboxylic acids is 2. The Balaban J connectivity index is 1.55. The summed E-state index contributed by atoms with van der Waals surface area (Å²) in [6.45, 7) is 8.51. The van der Waals surface area contributed by atoms with Crippen molar-refractivity contribution in [3.63, 3.8) is 0 Å². The van der Waals surface area contributed by atoms with Crippen LogP contribution in [0.3, 0.4) is 0 Å². The lowest BCUT2D eigenvalue weighted by Gasteiger charge is -2.28. The van der Waals surface area contributed by atoms with E-state index in [4.69, 9.17) is 4.74 Å². The summed E-state index contributed by atoms with van der Waals surface area (Å²) < 4.78 is 5.46. The number of hydrogen-bond acceptors (Lipinski definition) is 3. The molecule has 1 aliphatic rings. The van der Waals surface area contributed by atoms with Gasteiger partial charge in [-0.2, -0.15) is 0 Å². The Morgan fingerprint density at radius 3 is 2.43 bits per heavy atom. The van der Waals surface area contributed by atoms with Crippen LogP contribution in [-0.2, 0) is 9.53 Å². The zero-order valence-electron chi connectivity index (χ0n) is 17.9.